The predicted molar refractivity (Wildman–Crippen MR) is 69.9 cm³/mol. The maximum Gasteiger partial charge on any atom is 0.241 e. The van der Waals surface area contributed by atoms with Crippen LogP contribution in [-0.4, -0.2) is 36.3 Å². The van der Waals surface area contributed by atoms with Crippen molar-refractivity contribution >= 4 is 11.8 Å². The molecule has 2 rings (SSSR count). The van der Waals surface area contributed by atoms with Gasteiger partial charge in [-0.3, -0.25) is 9.59 Å². The van der Waals surface area contributed by atoms with Crippen LogP contribution in [0.1, 0.15) is 39.0 Å². The molecular weight excluding hydrogens is 242 g/mol. The number of rotatable bonds is 3. The van der Waals surface area contributed by atoms with Crippen LogP contribution in [0.25, 0.3) is 0 Å². The quantitative estimate of drug-likeness (QED) is 0.827. The summed E-state index contributed by atoms with van der Waals surface area (Å²) in [4.78, 5) is 25.7. The van der Waals surface area contributed by atoms with Crippen molar-refractivity contribution < 1.29 is 9.59 Å². The Morgan fingerprint density at radius 3 is 2.47 bits per heavy atom. The molecule has 1 aliphatic heterocycles. The molecule has 5 nitrogen and oxygen atoms in total. The zero-order valence-corrected chi connectivity index (χ0v) is 11.4. The maximum absolute atomic E-state index is 12.0. The monoisotopic (exact) mass is 263 g/mol. The van der Waals surface area contributed by atoms with Crippen molar-refractivity contribution in [3.8, 4) is 6.07 Å². The number of carbonyl (C=O) groups excluding carboxylic acids is 2. The van der Waals surface area contributed by atoms with Crippen LogP contribution >= 0.6 is 0 Å². The summed E-state index contributed by atoms with van der Waals surface area (Å²) in [5.74, 6) is 0.107. The molecule has 0 spiro atoms. The lowest BCUT2D eigenvalue weighted by Crippen LogP contribution is -2.51. The lowest BCUT2D eigenvalue weighted by Gasteiger charge is -2.39. The molecule has 0 aromatic heterocycles. The normalized spacial score (nSPS) is 30.1. The summed E-state index contributed by atoms with van der Waals surface area (Å²) in [7, 11) is 0. The molecule has 1 aliphatic carbocycles. The maximum atomic E-state index is 12.0. The predicted octanol–water partition coefficient (Wildman–Crippen LogP) is 1.05. The minimum atomic E-state index is -0.887. The van der Waals surface area contributed by atoms with Gasteiger partial charge in [0.25, 0.3) is 0 Å². The van der Waals surface area contributed by atoms with Gasteiger partial charge in [0.05, 0.1) is 12.6 Å². The van der Waals surface area contributed by atoms with Crippen LogP contribution in [0.3, 0.4) is 0 Å². The van der Waals surface area contributed by atoms with E-state index in [1.807, 2.05) is 6.92 Å². The first-order valence-electron chi connectivity index (χ1n) is 7.05. The van der Waals surface area contributed by atoms with E-state index in [2.05, 4.69) is 11.4 Å². The fourth-order valence-corrected chi connectivity index (χ4v) is 3.04. The zero-order valence-electron chi connectivity index (χ0n) is 11.4. The van der Waals surface area contributed by atoms with E-state index in [1.54, 1.807) is 4.90 Å². The zero-order chi connectivity index (χ0) is 13.9. The number of hydrogen-bond acceptors (Lipinski definition) is 3. The molecule has 0 bridgehead atoms. The van der Waals surface area contributed by atoms with Gasteiger partial charge in [0, 0.05) is 13.1 Å². The summed E-state index contributed by atoms with van der Waals surface area (Å²) >= 11 is 0. The molecule has 1 N–H and O–H groups in total. The summed E-state index contributed by atoms with van der Waals surface area (Å²) in [6.07, 6.45) is 4.46. The van der Waals surface area contributed by atoms with Gasteiger partial charge in [-0.15, -0.1) is 0 Å². The second kappa shape index (κ2) is 5.60. The van der Waals surface area contributed by atoms with E-state index in [0.29, 0.717) is 18.8 Å². The molecule has 1 saturated heterocycles. The Kier molecular flexibility index (Phi) is 4.08. The van der Waals surface area contributed by atoms with Gasteiger partial charge in [-0.05, 0) is 38.0 Å². The van der Waals surface area contributed by atoms with Gasteiger partial charge < -0.3 is 10.2 Å². The number of nitrogens with one attached hydrogen (secondary N) is 1. The molecule has 1 heterocycles. The summed E-state index contributed by atoms with van der Waals surface area (Å²) < 4.78 is 0. The molecular formula is C14H21N3O2. The lowest BCUT2D eigenvalue weighted by atomic mass is 9.63. The van der Waals surface area contributed by atoms with Crippen molar-refractivity contribution in [2.24, 2.45) is 11.3 Å². The number of carbonyl (C=O) groups is 2. The summed E-state index contributed by atoms with van der Waals surface area (Å²) in [5, 5.41) is 11.8. The van der Waals surface area contributed by atoms with E-state index >= 15 is 0 Å². The van der Waals surface area contributed by atoms with Crippen LogP contribution in [0.4, 0.5) is 0 Å². The molecule has 0 unspecified atom stereocenters. The van der Waals surface area contributed by atoms with Crippen LogP contribution in [0.5, 0.6) is 0 Å². The van der Waals surface area contributed by atoms with Gasteiger partial charge in [0.1, 0.15) is 5.41 Å². The third kappa shape index (κ3) is 2.89. The van der Waals surface area contributed by atoms with Gasteiger partial charge in [-0.2, -0.15) is 5.26 Å². The lowest BCUT2D eigenvalue weighted by molar-refractivity contribution is -0.138. The van der Waals surface area contributed by atoms with Gasteiger partial charge >= 0.3 is 0 Å². The second-order valence-electron chi connectivity index (χ2n) is 5.83. The number of nitrogens with zero attached hydrogens (tertiary/aromatic N) is 2. The minimum absolute atomic E-state index is 0.0244. The molecule has 2 fully saturated rings. The summed E-state index contributed by atoms with van der Waals surface area (Å²) in [5.41, 5.74) is -0.887. The highest BCUT2D eigenvalue weighted by Crippen LogP contribution is 2.44. The average molecular weight is 263 g/mol. The number of hydrogen-bond donors (Lipinski definition) is 1. The van der Waals surface area contributed by atoms with E-state index in [0.717, 1.165) is 25.9 Å². The molecule has 1 saturated carbocycles. The molecule has 0 aromatic rings. The van der Waals surface area contributed by atoms with Crippen molar-refractivity contribution in [1.82, 2.24) is 10.2 Å². The molecule has 19 heavy (non-hydrogen) atoms. The van der Waals surface area contributed by atoms with E-state index in [-0.39, 0.29) is 18.4 Å². The Labute approximate surface area is 113 Å². The topological polar surface area (TPSA) is 73.2 Å². The molecule has 0 atom stereocenters. The van der Waals surface area contributed by atoms with Gasteiger partial charge in [-0.25, -0.2) is 0 Å². The van der Waals surface area contributed by atoms with Crippen LogP contribution in [0, 0.1) is 22.7 Å². The van der Waals surface area contributed by atoms with Gasteiger partial charge in [0.15, 0.2) is 0 Å². The summed E-state index contributed by atoms with van der Waals surface area (Å²) in [6.45, 7) is 3.63. The first-order chi connectivity index (χ1) is 9.07. The van der Waals surface area contributed by atoms with E-state index in [4.69, 9.17) is 5.26 Å². The van der Waals surface area contributed by atoms with E-state index in [1.165, 1.54) is 6.42 Å². The first kappa shape index (κ1) is 13.9. The molecule has 2 aliphatic rings. The van der Waals surface area contributed by atoms with Crippen molar-refractivity contribution in [3.63, 3.8) is 0 Å². The van der Waals surface area contributed by atoms with Gasteiger partial charge in [-0.1, -0.05) is 6.92 Å². The minimum Gasteiger partial charge on any atom is -0.346 e. The standard InChI is InChI=1S/C14H21N3O2/c1-11-7-14(8-11,10-15)13(19)16-9-12(18)17-5-3-2-4-6-17/h11H,2-9H2,1H3,(H,16,19). The fourth-order valence-electron chi connectivity index (χ4n) is 3.04. The number of nitriles is 1. The highest BCUT2D eigenvalue weighted by atomic mass is 16.2. The van der Waals surface area contributed by atoms with Crippen molar-refractivity contribution in [1.29, 1.82) is 5.26 Å². The Balaban J connectivity index is 1.80. The van der Waals surface area contributed by atoms with Crippen molar-refractivity contribution in [2.75, 3.05) is 19.6 Å². The largest absolute Gasteiger partial charge is 0.346 e. The molecule has 0 radical (unpaired) electrons. The van der Waals surface area contributed by atoms with Crippen LogP contribution in [0.15, 0.2) is 0 Å². The van der Waals surface area contributed by atoms with E-state index < -0.39 is 5.41 Å². The smallest absolute Gasteiger partial charge is 0.241 e. The SMILES string of the molecule is CC1CC(C#N)(C(=O)NCC(=O)N2CCCCC2)C1. The second-order valence-corrected chi connectivity index (χ2v) is 5.83. The molecule has 104 valence electrons. The van der Waals surface area contributed by atoms with Crippen LogP contribution in [0.2, 0.25) is 0 Å². The fraction of sp³-hybridized carbons (Fsp3) is 0.786. The highest BCUT2D eigenvalue weighted by molar-refractivity contribution is 5.90. The highest BCUT2D eigenvalue weighted by Gasteiger charge is 2.48. The third-order valence-corrected chi connectivity index (χ3v) is 4.15. The van der Waals surface area contributed by atoms with Crippen LogP contribution < -0.4 is 5.32 Å². The van der Waals surface area contributed by atoms with Crippen molar-refractivity contribution in [2.45, 2.75) is 39.0 Å². The number of likely N-dealkylation sites (tertiary alicyclic amines) is 1. The number of piperidine rings is 1. The van der Waals surface area contributed by atoms with E-state index in [9.17, 15) is 9.59 Å². The Morgan fingerprint density at radius 2 is 1.95 bits per heavy atom. The molecule has 2 amide bonds. The first-order valence-corrected chi connectivity index (χ1v) is 7.05. The Morgan fingerprint density at radius 1 is 1.32 bits per heavy atom. The third-order valence-electron chi connectivity index (χ3n) is 4.15. The number of amides is 2. The van der Waals surface area contributed by atoms with Gasteiger partial charge in [0.2, 0.25) is 11.8 Å². The van der Waals surface area contributed by atoms with Crippen molar-refractivity contribution in [3.05, 3.63) is 0 Å². The average Bonchev–Trinajstić information content (AvgIpc) is 2.41. The summed E-state index contributed by atoms with van der Waals surface area (Å²) in [6, 6.07) is 2.11. The molecule has 0 aromatic carbocycles. The van der Waals surface area contributed by atoms with Crippen LogP contribution in [-0.2, 0) is 9.59 Å². The molecule has 5 heteroatoms. The Hall–Kier alpha value is -1.57. The Bertz CT molecular complexity index is 401.